The fourth-order valence-electron chi connectivity index (χ4n) is 3.59. The van der Waals surface area contributed by atoms with Crippen molar-refractivity contribution in [3.05, 3.63) is 42.2 Å². The van der Waals surface area contributed by atoms with Gasteiger partial charge in [-0.2, -0.15) is 9.97 Å². The highest BCUT2D eigenvalue weighted by atomic mass is 16.6. The molecule has 1 aliphatic rings. The third-order valence-corrected chi connectivity index (χ3v) is 5.17. The van der Waals surface area contributed by atoms with Gasteiger partial charge in [0.05, 0.1) is 12.9 Å². The number of aliphatic hydroxyl groups excluding tert-OH is 2. The molecule has 6 N–H and O–H groups in total. The molecule has 1 saturated heterocycles. The van der Waals surface area contributed by atoms with Crippen molar-refractivity contribution in [1.82, 2.24) is 19.5 Å². The van der Waals surface area contributed by atoms with Crippen LogP contribution in [0.2, 0.25) is 0 Å². The Hall–Kier alpha value is -2.79. The lowest BCUT2D eigenvalue weighted by Crippen LogP contribution is -2.44. The van der Waals surface area contributed by atoms with E-state index in [2.05, 4.69) is 20.3 Å². The Labute approximate surface area is 167 Å². The van der Waals surface area contributed by atoms with Gasteiger partial charge in [-0.15, -0.1) is 0 Å². The van der Waals surface area contributed by atoms with Crippen molar-refractivity contribution in [2.75, 3.05) is 24.2 Å². The van der Waals surface area contributed by atoms with Crippen LogP contribution < -0.4 is 11.1 Å². The molecule has 0 aliphatic carbocycles. The molecule has 0 amide bonds. The minimum Gasteiger partial charge on any atom is -0.394 e. The third-order valence-electron chi connectivity index (χ3n) is 5.17. The summed E-state index contributed by atoms with van der Waals surface area (Å²) in [7, 11) is 0. The largest absolute Gasteiger partial charge is 0.394 e. The van der Waals surface area contributed by atoms with Crippen LogP contribution in [0.25, 0.3) is 11.2 Å². The highest BCUT2D eigenvalue weighted by molar-refractivity contribution is 5.84. The first-order chi connectivity index (χ1) is 13.9. The number of hydrogen-bond acceptors (Lipinski definition) is 9. The van der Waals surface area contributed by atoms with Crippen LogP contribution in [0.4, 0.5) is 11.8 Å². The Balaban J connectivity index is 1.62. The van der Waals surface area contributed by atoms with Gasteiger partial charge < -0.3 is 31.1 Å². The van der Waals surface area contributed by atoms with Crippen molar-refractivity contribution in [2.24, 2.45) is 0 Å². The molecule has 154 valence electrons. The summed E-state index contributed by atoms with van der Waals surface area (Å²) in [4.78, 5) is 12.8. The average Bonchev–Trinajstić information content (AvgIpc) is 3.21. The van der Waals surface area contributed by atoms with Gasteiger partial charge in [-0.1, -0.05) is 30.3 Å². The second-order valence-corrected chi connectivity index (χ2v) is 7.30. The van der Waals surface area contributed by atoms with Gasteiger partial charge in [0.2, 0.25) is 5.95 Å². The van der Waals surface area contributed by atoms with Gasteiger partial charge in [-0.05, 0) is 18.9 Å². The maximum atomic E-state index is 10.7. The van der Waals surface area contributed by atoms with Gasteiger partial charge in [-0.25, -0.2) is 4.98 Å². The zero-order chi connectivity index (χ0) is 20.6. The molecule has 4 rings (SSSR count). The first-order valence-electron chi connectivity index (χ1n) is 9.36. The lowest BCUT2D eigenvalue weighted by atomic mass is 9.96. The lowest BCUT2D eigenvalue weighted by molar-refractivity contribution is -0.0950. The number of nitrogen functional groups attached to an aromatic ring is 1. The Bertz CT molecular complexity index is 993. The molecule has 0 saturated carbocycles. The number of aliphatic hydroxyl groups is 3. The van der Waals surface area contributed by atoms with Crippen LogP contribution in [-0.4, -0.2) is 65.8 Å². The van der Waals surface area contributed by atoms with E-state index in [1.807, 2.05) is 30.3 Å². The summed E-state index contributed by atoms with van der Waals surface area (Å²) in [5.74, 6) is 0.512. The normalized spacial score (nSPS) is 26.8. The standard InChI is InChI=1S/C19H24N6O4/c1-19(28)14(27)12(9-26)29-17(19)25-10-22-13-15(23-18(20)24-16(13)25)21-8-7-11-5-3-2-4-6-11/h2-6,10,12,14,17,26-28H,7-9H2,1H3,(H3,20,21,23,24). The topological polar surface area (TPSA) is 152 Å². The summed E-state index contributed by atoms with van der Waals surface area (Å²) in [5.41, 5.74) is 6.24. The van der Waals surface area contributed by atoms with E-state index in [0.717, 1.165) is 6.42 Å². The monoisotopic (exact) mass is 400 g/mol. The Morgan fingerprint density at radius 3 is 2.72 bits per heavy atom. The van der Waals surface area contributed by atoms with Crippen LogP contribution in [0.1, 0.15) is 18.7 Å². The van der Waals surface area contributed by atoms with Crippen LogP contribution in [0, 0.1) is 0 Å². The molecular weight excluding hydrogens is 376 g/mol. The van der Waals surface area contributed by atoms with E-state index in [1.54, 1.807) is 0 Å². The zero-order valence-electron chi connectivity index (χ0n) is 15.9. The second-order valence-electron chi connectivity index (χ2n) is 7.30. The van der Waals surface area contributed by atoms with Crippen molar-refractivity contribution in [3.63, 3.8) is 0 Å². The van der Waals surface area contributed by atoms with E-state index in [1.165, 1.54) is 23.4 Å². The number of nitrogens with one attached hydrogen (secondary N) is 1. The highest BCUT2D eigenvalue weighted by Crippen LogP contribution is 2.39. The fourth-order valence-corrected chi connectivity index (χ4v) is 3.59. The van der Waals surface area contributed by atoms with Crippen molar-refractivity contribution in [1.29, 1.82) is 0 Å². The smallest absolute Gasteiger partial charge is 0.224 e. The molecule has 1 aliphatic heterocycles. The summed E-state index contributed by atoms with van der Waals surface area (Å²) in [6.45, 7) is 1.63. The van der Waals surface area contributed by atoms with E-state index >= 15 is 0 Å². The van der Waals surface area contributed by atoms with Gasteiger partial charge in [-0.3, -0.25) is 4.57 Å². The first kappa shape index (κ1) is 19.5. The fraction of sp³-hybridized carbons (Fsp3) is 0.421. The van der Waals surface area contributed by atoms with Gasteiger partial charge in [0.25, 0.3) is 0 Å². The maximum Gasteiger partial charge on any atom is 0.224 e. The molecule has 3 heterocycles. The van der Waals surface area contributed by atoms with E-state index < -0.39 is 30.6 Å². The third kappa shape index (κ3) is 3.51. The van der Waals surface area contributed by atoms with Gasteiger partial charge in [0.15, 0.2) is 23.2 Å². The SMILES string of the molecule is CC1(O)C(O)C(CO)OC1n1cnc2c(NCCc3ccccc3)nc(N)nc21. The molecule has 0 spiro atoms. The molecule has 1 fully saturated rings. The van der Waals surface area contributed by atoms with E-state index in [0.29, 0.717) is 23.5 Å². The predicted molar refractivity (Wildman–Crippen MR) is 106 cm³/mol. The quantitative estimate of drug-likeness (QED) is 0.387. The van der Waals surface area contributed by atoms with Crippen molar-refractivity contribution in [3.8, 4) is 0 Å². The molecule has 10 nitrogen and oxygen atoms in total. The van der Waals surface area contributed by atoms with Gasteiger partial charge in [0.1, 0.15) is 17.8 Å². The number of benzene rings is 1. The van der Waals surface area contributed by atoms with E-state index in [9.17, 15) is 15.3 Å². The Morgan fingerprint density at radius 1 is 1.28 bits per heavy atom. The molecule has 3 aromatic rings. The number of anilines is 2. The highest BCUT2D eigenvalue weighted by Gasteiger charge is 2.53. The van der Waals surface area contributed by atoms with Crippen molar-refractivity contribution in [2.45, 2.75) is 37.4 Å². The summed E-state index contributed by atoms with van der Waals surface area (Å²) < 4.78 is 7.16. The molecule has 2 aromatic heterocycles. The van der Waals surface area contributed by atoms with Crippen LogP contribution in [0.3, 0.4) is 0 Å². The molecule has 1 aromatic carbocycles. The molecule has 29 heavy (non-hydrogen) atoms. The molecule has 10 heteroatoms. The van der Waals surface area contributed by atoms with Crippen molar-refractivity contribution < 1.29 is 20.1 Å². The van der Waals surface area contributed by atoms with Crippen molar-refractivity contribution >= 4 is 22.9 Å². The van der Waals surface area contributed by atoms with Crippen LogP contribution in [-0.2, 0) is 11.2 Å². The number of nitrogens with two attached hydrogens (primary N) is 1. The molecular formula is C19H24N6O4. The minimum atomic E-state index is -1.65. The number of rotatable bonds is 6. The van der Waals surface area contributed by atoms with E-state index in [4.69, 9.17) is 10.5 Å². The zero-order valence-corrected chi connectivity index (χ0v) is 15.9. The number of imidazole rings is 1. The molecule has 4 atom stereocenters. The van der Waals surface area contributed by atoms with Gasteiger partial charge >= 0.3 is 0 Å². The summed E-state index contributed by atoms with van der Waals surface area (Å²) >= 11 is 0. The van der Waals surface area contributed by atoms with Crippen LogP contribution in [0.15, 0.2) is 36.7 Å². The first-order valence-corrected chi connectivity index (χ1v) is 9.36. The Kier molecular flexibility index (Phi) is 5.09. The number of hydrogen-bond donors (Lipinski definition) is 5. The van der Waals surface area contributed by atoms with Gasteiger partial charge in [0, 0.05) is 6.54 Å². The average molecular weight is 400 g/mol. The number of aromatic nitrogens is 4. The van der Waals surface area contributed by atoms with Crippen LogP contribution >= 0.6 is 0 Å². The predicted octanol–water partition coefficient (Wildman–Crippen LogP) is 0.0647. The van der Waals surface area contributed by atoms with Crippen LogP contribution in [0.5, 0.6) is 0 Å². The molecule has 0 radical (unpaired) electrons. The Morgan fingerprint density at radius 2 is 2.03 bits per heavy atom. The minimum absolute atomic E-state index is 0.0401. The summed E-state index contributed by atoms with van der Waals surface area (Å²) in [5, 5.41) is 33.6. The van der Waals surface area contributed by atoms with E-state index in [-0.39, 0.29) is 5.95 Å². The number of ether oxygens (including phenoxy) is 1. The lowest BCUT2D eigenvalue weighted by Gasteiger charge is -2.27. The molecule has 4 unspecified atom stereocenters. The second kappa shape index (κ2) is 7.56. The number of fused-ring (bicyclic) bond motifs is 1. The number of nitrogens with zero attached hydrogens (tertiary/aromatic N) is 4. The maximum absolute atomic E-state index is 10.7. The molecule has 0 bridgehead atoms. The summed E-state index contributed by atoms with van der Waals surface area (Å²) in [6, 6.07) is 10.0. The summed E-state index contributed by atoms with van der Waals surface area (Å²) in [6.07, 6.45) is -0.941.